The van der Waals surface area contributed by atoms with Crippen molar-refractivity contribution in [3.63, 3.8) is 0 Å². The van der Waals surface area contributed by atoms with Crippen molar-refractivity contribution in [3.05, 3.63) is 51.1 Å². The number of hydrogen-bond donors (Lipinski definition) is 1. The Labute approximate surface area is 265 Å². The standard InChI is InChI=1S/C31H52O.C7H5NO4/c1-20(2)21(3)9-10-22(4)23-13-15-29(8)25-12-11-24-27(5,6)26(32)14-16-30(24)19-31(25,30)18-17-28(23,29)7;9-7(10)5-2-1-3-6(4-5)8(11)12/h22-26,32H,9-19H2,1-8H3;1-4H,(H,9,10)/p-1/t22-,23-,24+,25+,26+,28-,29+,30-,31+;/m1./s1. The van der Waals surface area contributed by atoms with Gasteiger partial charge in [0.05, 0.1) is 17.0 Å². The number of fused-ring (bicyclic) bond motifs is 2. The number of carboxylic acid groups (broad SMARTS) is 1. The van der Waals surface area contributed by atoms with E-state index >= 15 is 0 Å². The average molecular weight is 607 g/mol. The number of nitro groups is 1. The highest BCUT2D eigenvalue weighted by atomic mass is 16.6. The van der Waals surface area contributed by atoms with Gasteiger partial charge in [0.25, 0.3) is 5.69 Å². The van der Waals surface area contributed by atoms with Crippen molar-refractivity contribution in [2.75, 3.05) is 0 Å². The van der Waals surface area contributed by atoms with Crippen molar-refractivity contribution in [3.8, 4) is 0 Å². The fourth-order valence-electron chi connectivity index (χ4n) is 11.9. The van der Waals surface area contributed by atoms with Crippen LogP contribution in [-0.4, -0.2) is 22.1 Å². The van der Waals surface area contributed by atoms with E-state index in [-0.39, 0.29) is 22.8 Å². The second-order valence-corrected chi connectivity index (χ2v) is 16.9. The molecule has 0 saturated heterocycles. The van der Waals surface area contributed by atoms with Crippen molar-refractivity contribution in [1.29, 1.82) is 0 Å². The molecule has 0 aromatic heterocycles. The van der Waals surface area contributed by atoms with Crippen LogP contribution in [0, 0.1) is 60.9 Å². The molecule has 5 fully saturated rings. The van der Waals surface area contributed by atoms with Crippen molar-refractivity contribution in [1.82, 2.24) is 0 Å². The Balaban J connectivity index is 0.000000270. The maximum absolute atomic E-state index is 10.9. The Morgan fingerprint density at radius 2 is 1.61 bits per heavy atom. The molecule has 0 radical (unpaired) electrons. The molecule has 9 atom stereocenters. The van der Waals surface area contributed by atoms with Gasteiger partial charge in [0, 0.05) is 17.7 Å². The van der Waals surface area contributed by atoms with Crippen molar-refractivity contribution >= 4 is 11.7 Å². The minimum atomic E-state index is -1.42. The summed E-state index contributed by atoms with van der Waals surface area (Å²) in [5, 5.41) is 31.3. The first kappa shape index (κ1) is 33.2. The monoisotopic (exact) mass is 606 g/mol. The highest BCUT2D eigenvalue weighted by Crippen LogP contribution is 2.89. The smallest absolute Gasteiger partial charge is 0.270 e. The number of aliphatic hydroxyl groups excluding tert-OH is 1. The van der Waals surface area contributed by atoms with Gasteiger partial charge in [-0.2, -0.15) is 0 Å². The van der Waals surface area contributed by atoms with E-state index in [1.165, 1.54) is 88.0 Å². The van der Waals surface area contributed by atoms with Gasteiger partial charge >= 0.3 is 0 Å². The third-order valence-electron chi connectivity index (χ3n) is 15.0. The summed E-state index contributed by atoms with van der Waals surface area (Å²) in [5.74, 6) is 2.03. The molecule has 244 valence electrons. The molecule has 5 aliphatic rings. The van der Waals surface area contributed by atoms with Gasteiger partial charge in [-0.3, -0.25) is 10.1 Å². The summed E-state index contributed by atoms with van der Waals surface area (Å²) in [6.07, 6.45) is 15.2. The molecule has 1 N–H and O–H groups in total. The number of carbonyl (C=O) groups is 1. The Hall–Kier alpha value is -2.21. The van der Waals surface area contributed by atoms with Gasteiger partial charge in [-0.1, -0.05) is 57.9 Å². The molecule has 0 heterocycles. The van der Waals surface area contributed by atoms with Crippen molar-refractivity contribution < 1.29 is 19.9 Å². The van der Waals surface area contributed by atoms with E-state index in [9.17, 15) is 25.1 Å². The van der Waals surface area contributed by atoms with Gasteiger partial charge in [-0.25, -0.2) is 0 Å². The van der Waals surface area contributed by atoms with Crippen LogP contribution in [0.2, 0.25) is 0 Å². The molecular formula is C38H56NO5-. The fourth-order valence-corrected chi connectivity index (χ4v) is 11.9. The number of nitrogens with zero attached hydrogens (tertiary/aromatic N) is 1. The maximum atomic E-state index is 10.9. The van der Waals surface area contributed by atoms with Crippen LogP contribution in [0.25, 0.3) is 0 Å². The summed E-state index contributed by atoms with van der Waals surface area (Å²) in [4.78, 5) is 19.7. The van der Waals surface area contributed by atoms with Crippen LogP contribution >= 0.6 is 0 Å². The second kappa shape index (κ2) is 11.2. The lowest BCUT2D eigenvalue weighted by molar-refractivity contribution is -0.385. The lowest BCUT2D eigenvalue weighted by Crippen LogP contribution is -2.57. The molecule has 0 bridgehead atoms. The molecule has 0 amide bonds. The second-order valence-electron chi connectivity index (χ2n) is 16.9. The SMILES string of the molecule is CC(C)=C(C)CC[C@@H](C)[C@H]1CC[C@@]2(C)[C@@H]3CC[C@H]4C(C)(C)[C@@H](O)CC[C@@]45C[C@@]35CC[C@]12C.O=C([O-])c1cccc([N+](=O)[O-])c1. The third-order valence-corrected chi connectivity index (χ3v) is 15.0. The summed E-state index contributed by atoms with van der Waals surface area (Å²) in [6.45, 7) is 19.8. The number of aliphatic hydroxyl groups is 1. The number of allylic oxidation sites excluding steroid dienone is 2. The summed E-state index contributed by atoms with van der Waals surface area (Å²) in [6, 6.07) is 4.70. The molecule has 6 rings (SSSR count). The van der Waals surface area contributed by atoms with Crippen LogP contribution in [0.5, 0.6) is 0 Å². The molecule has 5 saturated carbocycles. The minimum Gasteiger partial charge on any atom is -0.545 e. The molecule has 6 nitrogen and oxygen atoms in total. The average Bonchev–Trinajstić information content (AvgIpc) is 3.56. The normalized spacial score (nSPS) is 40.1. The number of carbonyl (C=O) groups excluding carboxylic acids is 1. The van der Waals surface area contributed by atoms with Gasteiger partial charge in [0.15, 0.2) is 0 Å². The highest BCUT2D eigenvalue weighted by Gasteiger charge is 2.82. The first-order valence-electron chi connectivity index (χ1n) is 17.2. The maximum Gasteiger partial charge on any atom is 0.270 e. The van der Waals surface area contributed by atoms with Gasteiger partial charge in [0.1, 0.15) is 0 Å². The molecule has 44 heavy (non-hydrogen) atoms. The van der Waals surface area contributed by atoms with Crippen LogP contribution in [0.4, 0.5) is 5.69 Å². The van der Waals surface area contributed by atoms with Crippen LogP contribution in [-0.2, 0) is 0 Å². The predicted octanol–water partition coefficient (Wildman–Crippen LogP) is 8.52. The molecule has 6 heteroatoms. The number of aromatic carboxylic acids is 1. The molecule has 0 aliphatic heterocycles. The summed E-state index contributed by atoms with van der Waals surface area (Å²) in [7, 11) is 0. The van der Waals surface area contributed by atoms with E-state index in [4.69, 9.17) is 0 Å². The number of non-ortho nitro benzene ring substituents is 1. The molecule has 1 aromatic carbocycles. The molecule has 0 unspecified atom stereocenters. The Morgan fingerprint density at radius 3 is 2.25 bits per heavy atom. The lowest BCUT2D eigenvalue weighted by atomic mass is 9.41. The van der Waals surface area contributed by atoms with Gasteiger partial charge < -0.3 is 15.0 Å². The summed E-state index contributed by atoms with van der Waals surface area (Å²) >= 11 is 0. The largest absolute Gasteiger partial charge is 0.545 e. The van der Waals surface area contributed by atoms with Crippen LogP contribution in [0.3, 0.4) is 0 Å². The number of benzene rings is 1. The van der Waals surface area contributed by atoms with Gasteiger partial charge in [-0.05, 0) is 142 Å². The Kier molecular flexibility index (Phi) is 8.47. The zero-order valence-corrected chi connectivity index (χ0v) is 28.5. The molecular weight excluding hydrogens is 550 g/mol. The van der Waals surface area contributed by atoms with Crippen LogP contribution < -0.4 is 5.11 Å². The van der Waals surface area contributed by atoms with Crippen molar-refractivity contribution in [2.45, 2.75) is 132 Å². The highest BCUT2D eigenvalue weighted by molar-refractivity contribution is 5.86. The van der Waals surface area contributed by atoms with Gasteiger partial charge in [-0.15, -0.1) is 0 Å². The predicted molar refractivity (Wildman–Crippen MR) is 173 cm³/mol. The topological polar surface area (TPSA) is 104 Å². The van der Waals surface area contributed by atoms with Gasteiger partial charge in [0.2, 0.25) is 0 Å². The number of rotatable bonds is 6. The fraction of sp³-hybridized carbons (Fsp3) is 0.763. The Bertz CT molecular complexity index is 1300. The van der Waals surface area contributed by atoms with E-state index < -0.39 is 10.9 Å². The number of carboxylic acids is 1. The summed E-state index contributed by atoms with van der Waals surface area (Å²) in [5.41, 5.74) is 5.07. The first-order valence-corrected chi connectivity index (χ1v) is 17.2. The van der Waals surface area contributed by atoms with E-state index in [1.807, 2.05) is 0 Å². The van der Waals surface area contributed by atoms with E-state index in [1.54, 1.807) is 5.57 Å². The quantitative estimate of drug-likeness (QED) is 0.199. The van der Waals surface area contributed by atoms with Crippen LogP contribution in [0.1, 0.15) is 136 Å². The minimum absolute atomic E-state index is 0.0854. The third kappa shape index (κ3) is 4.88. The van der Waals surface area contributed by atoms with E-state index in [2.05, 4.69) is 55.4 Å². The van der Waals surface area contributed by atoms with Crippen molar-refractivity contribution in [2.24, 2.45) is 50.7 Å². The zero-order chi connectivity index (χ0) is 32.5. The number of hydrogen-bond acceptors (Lipinski definition) is 5. The summed E-state index contributed by atoms with van der Waals surface area (Å²) < 4.78 is 0. The van der Waals surface area contributed by atoms with E-state index in [0.29, 0.717) is 21.7 Å². The first-order chi connectivity index (χ1) is 20.5. The molecule has 1 aromatic rings. The molecule has 5 aliphatic carbocycles. The lowest BCUT2D eigenvalue weighted by Gasteiger charge is -2.63. The van der Waals surface area contributed by atoms with Crippen LogP contribution in [0.15, 0.2) is 35.4 Å². The van der Waals surface area contributed by atoms with E-state index in [0.717, 1.165) is 36.2 Å². The molecule has 2 spiro atoms. The number of nitro benzene ring substituents is 1. The zero-order valence-electron chi connectivity index (χ0n) is 28.5. The Morgan fingerprint density at radius 1 is 0.955 bits per heavy atom.